The highest BCUT2D eigenvalue weighted by molar-refractivity contribution is 6.02. The fourth-order valence-corrected chi connectivity index (χ4v) is 2.45. The SMILES string of the molecule is Cc1ccc(NC(=O)C2(C)Cc3ccccc3C(=O)O2)nc1. The van der Waals surface area contributed by atoms with E-state index in [0.717, 1.165) is 11.1 Å². The van der Waals surface area contributed by atoms with Crippen LogP contribution in [0, 0.1) is 6.92 Å². The Morgan fingerprint density at radius 1 is 1.27 bits per heavy atom. The first-order valence-corrected chi connectivity index (χ1v) is 7.03. The van der Waals surface area contributed by atoms with E-state index in [1.54, 1.807) is 31.3 Å². The van der Waals surface area contributed by atoms with Crippen molar-refractivity contribution in [2.45, 2.75) is 25.9 Å². The third-order valence-corrected chi connectivity index (χ3v) is 3.72. The van der Waals surface area contributed by atoms with Gasteiger partial charge < -0.3 is 10.1 Å². The van der Waals surface area contributed by atoms with Crippen LogP contribution >= 0.6 is 0 Å². The molecule has 0 saturated carbocycles. The fourth-order valence-electron chi connectivity index (χ4n) is 2.45. The Bertz CT molecular complexity index is 740. The van der Waals surface area contributed by atoms with Crippen LogP contribution in [0.5, 0.6) is 0 Å². The zero-order valence-electron chi connectivity index (χ0n) is 12.4. The lowest BCUT2D eigenvalue weighted by Gasteiger charge is -2.32. The zero-order chi connectivity index (χ0) is 15.7. The van der Waals surface area contributed by atoms with E-state index in [-0.39, 0.29) is 5.91 Å². The number of aryl methyl sites for hydroxylation is 1. The normalized spacial score (nSPS) is 20.0. The van der Waals surface area contributed by atoms with Gasteiger partial charge >= 0.3 is 5.97 Å². The third-order valence-electron chi connectivity index (χ3n) is 3.72. The number of carbonyl (C=O) groups is 2. The van der Waals surface area contributed by atoms with Gasteiger partial charge in [0.2, 0.25) is 0 Å². The first-order chi connectivity index (χ1) is 10.5. The molecule has 0 spiro atoms. The molecule has 5 nitrogen and oxygen atoms in total. The molecular formula is C17H16N2O3. The molecule has 1 aliphatic heterocycles. The molecule has 1 atom stereocenters. The highest BCUT2D eigenvalue weighted by Crippen LogP contribution is 2.29. The van der Waals surface area contributed by atoms with Crippen molar-refractivity contribution in [3.8, 4) is 0 Å². The van der Waals surface area contributed by atoms with Crippen LogP contribution in [0.15, 0.2) is 42.6 Å². The number of ether oxygens (including phenoxy) is 1. The molecule has 1 N–H and O–H groups in total. The molecule has 0 fully saturated rings. The molecule has 0 radical (unpaired) electrons. The van der Waals surface area contributed by atoms with E-state index in [9.17, 15) is 9.59 Å². The van der Waals surface area contributed by atoms with Gasteiger partial charge in [-0.2, -0.15) is 0 Å². The number of aromatic nitrogens is 1. The van der Waals surface area contributed by atoms with Crippen molar-refractivity contribution in [2.24, 2.45) is 0 Å². The third kappa shape index (κ3) is 2.57. The molecule has 2 heterocycles. The van der Waals surface area contributed by atoms with Gasteiger partial charge in [-0.3, -0.25) is 4.79 Å². The second-order valence-electron chi connectivity index (χ2n) is 5.63. The number of pyridine rings is 1. The van der Waals surface area contributed by atoms with E-state index >= 15 is 0 Å². The molecule has 3 rings (SSSR count). The van der Waals surface area contributed by atoms with Crippen LogP contribution in [-0.2, 0) is 16.0 Å². The smallest absolute Gasteiger partial charge is 0.339 e. The Balaban J connectivity index is 1.83. The first-order valence-electron chi connectivity index (χ1n) is 7.03. The molecule has 1 amide bonds. The minimum atomic E-state index is -1.24. The molecule has 0 bridgehead atoms. The summed E-state index contributed by atoms with van der Waals surface area (Å²) in [6.07, 6.45) is 2.01. The van der Waals surface area contributed by atoms with Crippen molar-refractivity contribution in [3.05, 3.63) is 59.3 Å². The molecule has 22 heavy (non-hydrogen) atoms. The number of nitrogens with zero attached hydrogens (tertiary/aromatic N) is 1. The van der Waals surface area contributed by atoms with Gasteiger partial charge in [0.05, 0.1) is 5.56 Å². The molecule has 1 aliphatic rings. The number of rotatable bonds is 2. The van der Waals surface area contributed by atoms with E-state index in [2.05, 4.69) is 10.3 Å². The summed E-state index contributed by atoms with van der Waals surface area (Å²) in [5.41, 5.74) is 1.09. The van der Waals surface area contributed by atoms with Gasteiger partial charge in [-0.05, 0) is 37.1 Å². The van der Waals surface area contributed by atoms with Crippen molar-refractivity contribution >= 4 is 17.7 Å². The minimum Gasteiger partial charge on any atom is -0.445 e. The lowest BCUT2D eigenvalue weighted by atomic mass is 9.89. The average Bonchev–Trinajstić information content (AvgIpc) is 2.49. The number of hydrogen-bond acceptors (Lipinski definition) is 4. The summed E-state index contributed by atoms with van der Waals surface area (Å²) in [7, 11) is 0. The summed E-state index contributed by atoms with van der Waals surface area (Å²) < 4.78 is 5.38. The quantitative estimate of drug-likeness (QED) is 0.865. The molecule has 1 aromatic carbocycles. The van der Waals surface area contributed by atoms with E-state index in [1.807, 2.05) is 25.1 Å². The topological polar surface area (TPSA) is 68.3 Å². The summed E-state index contributed by atoms with van der Waals surface area (Å²) in [6, 6.07) is 10.7. The highest BCUT2D eigenvalue weighted by atomic mass is 16.6. The summed E-state index contributed by atoms with van der Waals surface area (Å²) in [5, 5.41) is 2.70. The standard InChI is InChI=1S/C17H16N2O3/c1-11-7-8-14(18-10-11)19-16(21)17(2)9-12-5-3-4-6-13(12)15(20)22-17/h3-8,10H,9H2,1-2H3,(H,18,19,21). The van der Waals surface area contributed by atoms with Gasteiger partial charge in [-0.25, -0.2) is 9.78 Å². The van der Waals surface area contributed by atoms with Crippen LogP contribution in [0.25, 0.3) is 0 Å². The van der Waals surface area contributed by atoms with Crippen LogP contribution in [-0.4, -0.2) is 22.5 Å². The molecule has 5 heteroatoms. The Morgan fingerprint density at radius 2 is 2.05 bits per heavy atom. The highest BCUT2D eigenvalue weighted by Gasteiger charge is 2.42. The van der Waals surface area contributed by atoms with E-state index in [0.29, 0.717) is 17.8 Å². The lowest BCUT2D eigenvalue weighted by Crippen LogP contribution is -2.49. The number of esters is 1. The largest absolute Gasteiger partial charge is 0.445 e. The summed E-state index contributed by atoms with van der Waals surface area (Å²) >= 11 is 0. The Morgan fingerprint density at radius 3 is 2.77 bits per heavy atom. The summed E-state index contributed by atoms with van der Waals surface area (Å²) in [4.78, 5) is 28.7. The second kappa shape index (κ2) is 5.26. The van der Waals surface area contributed by atoms with Crippen LogP contribution in [0.3, 0.4) is 0 Å². The summed E-state index contributed by atoms with van der Waals surface area (Å²) in [5.74, 6) is -0.421. The van der Waals surface area contributed by atoms with Gasteiger partial charge in [0.25, 0.3) is 5.91 Å². The maximum Gasteiger partial charge on any atom is 0.339 e. The molecular weight excluding hydrogens is 280 g/mol. The predicted molar refractivity (Wildman–Crippen MR) is 81.6 cm³/mol. The van der Waals surface area contributed by atoms with E-state index in [4.69, 9.17) is 4.74 Å². The maximum absolute atomic E-state index is 12.5. The van der Waals surface area contributed by atoms with E-state index < -0.39 is 11.6 Å². The van der Waals surface area contributed by atoms with Crippen molar-refractivity contribution < 1.29 is 14.3 Å². The summed E-state index contributed by atoms with van der Waals surface area (Å²) in [6.45, 7) is 3.53. The van der Waals surface area contributed by atoms with Crippen molar-refractivity contribution in [1.29, 1.82) is 0 Å². The number of amides is 1. The van der Waals surface area contributed by atoms with Crippen LogP contribution in [0.1, 0.15) is 28.4 Å². The Labute approximate surface area is 128 Å². The van der Waals surface area contributed by atoms with Crippen LogP contribution < -0.4 is 5.32 Å². The Kier molecular flexibility index (Phi) is 3.41. The van der Waals surface area contributed by atoms with Crippen molar-refractivity contribution in [3.63, 3.8) is 0 Å². The molecule has 0 aliphatic carbocycles. The lowest BCUT2D eigenvalue weighted by molar-refractivity contribution is -0.134. The minimum absolute atomic E-state index is 0.340. The van der Waals surface area contributed by atoms with Crippen LogP contribution in [0.4, 0.5) is 5.82 Å². The van der Waals surface area contributed by atoms with Crippen molar-refractivity contribution in [1.82, 2.24) is 4.98 Å². The monoisotopic (exact) mass is 296 g/mol. The number of carbonyl (C=O) groups excluding carboxylic acids is 2. The van der Waals surface area contributed by atoms with Gasteiger partial charge in [0, 0.05) is 12.6 Å². The Hall–Kier alpha value is -2.69. The predicted octanol–water partition coefficient (Wildman–Crippen LogP) is 2.50. The fraction of sp³-hybridized carbons (Fsp3) is 0.235. The first kappa shape index (κ1) is 14.3. The van der Waals surface area contributed by atoms with Gasteiger partial charge in [-0.15, -0.1) is 0 Å². The number of anilines is 1. The van der Waals surface area contributed by atoms with Gasteiger partial charge in [0.1, 0.15) is 5.82 Å². The number of fused-ring (bicyclic) bond motifs is 1. The van der Waals surface area contributed by atoms with E-state index in [1.165, 1.54) is 0 Å². The second-order valence-corrected chi connectivity index (χ2v) is 5.63. The molecule has 1 unspecified atom stereocenters. The number of cyclic esters (lactones) is 1. The zero-order valence-corrected chi connectivity index (χ0v) is 12.4. The average molecular weight is 296 g/mol. The molecule has 112 valence electrons. The maximum atomic E-state index is 12.5. The molecule has 1 aromatic heterocycles. The molecule has 2 aromatic rings. The number of benzene rings is 1. The number of nitrogens with one attached hydrogen (secondary N) is 1. The van der Waals surface area contributed by atoms with Crippen molar-refractivity contribution in [2.75, 3.05) is 5.32 Å². The number of hydrogen-bond donors (Lipinski definition) is 1. The van der Waals surface area contributed by atoms with Gasteiger partial charge in [-0.1, -0.05) is 24.3 Å². The van der Waals surface area contributed by atoms with Crippen LogP contribution in [0.2, 0.25) is 0 Å². The van der Waals surface area contributed by atoms with Gasteiger partial charge in [0.15, 0.2) is 5.60 Å². The molecule has 0 saturated heterocycles.